The van der Waals surface area contributed by atoms with E-state index in [2.05, 4.69) is 4.98 Å². The summed E-state index contributed by atoms with van der Waals surface area (Å²) in [7, 11) is 0. The molecular weight excluding hydrogens is 480 g/mol. The number of hydrogen-bond acceptors (Lipinski definition) is 8. The van der Waals surface area contributed by atoms with Gasteiger partial charge in [-0.25, -0.2) is 9.69 Å². The van der Waals surface area contributed by atoms with Crippen molar-refractivity contribution in [1.29, 1.82) is 0 Å². The minimum atomic E-state index is -1.15. The first-order chi connectivity index (χ1) is 17.8. The van der Waals surface area contributed by atoms with Crippen LogP contribution in [0.2, 0.25) is 0 Å². The predicted octanol–water partition coefficient (Wildman–Crippen LogP) is 3.14. The second-order valence-electron chi connectivity index (χ2n) is 8.16. The van der Waals surface area contributed by atoms with E-state index in [4.69, 9.17) is 4.74 Å². The number of rotatable bonds is 8. The largest absolute Gasteiger partial charge is 0.462 e. The molecule has 1 aromatic heterocycles. The molecule has 3 aromatic rings. The van der Waals surface area contributed by atoms with Gasteiger partial charge in [0.15, 0.2) is 0 Å². The Labute approximate surface area is 211 Å². The molecule has 0 radical (unpaired) electrons. The monoisotopic (exact) mass is 502 g/mol. The van der Waals surface area contributed by atoms with Crippen molar-refractivity contribution in [1.82, 2.24) is 9.88 Å². The van der Waals surface area contributed by atoms with Gasteiger partial charge in [-0.05, 0) is 48.9 Å². The van der Waals surface area contributed by atoms with Gasteiger partial charge < -0.3 is 9.64 Å². The number of non-ortho nitro benzene ring substituents is 1. The van der Waals surface area contributed by atoms with Gasteiger partial charge in [-0.3, -0.25) is 29.5 Å². The van der Waals surface area contributed by atoms with Crippen molar-refractivity contribution in [3.05, 3.63) is 99.9 Å². The Morgan fingerprint density at radius 2 is 1.86 bits per heavy atom. The lowest BCUT2D eigenvalue weighted by atomic mass is 10.1. The van der Waals surface area contributed by atoms with Gasteiger partial charge in [-0.2, -0.15) is 0 Å². The molecule has 1 aliphatic rings. The number of hydrogen-bond donors (Lipinski definition) is 0. The van der Waals surface area contributed by atoms with Crippen LogP contribution in [0.25, 0.3) is 0 Å². The maximum atomic E-state index is 13.5. The zero-order valence-electron chi connectivity index (χ0n) is 19.8. The number of nitrogens with zero attached hydrogens (tertiary/aromatic N) is 4. The molecule has 0 N–H and O–H groups in total. The minimum absolute atomic E-state index is 0.00980. The predicted molar refractivity (Wildman–Crippen MR) is 131 cm³/mol. The minimum Gasteiger partial charge on any atom is -0.462 e. The summed E-state index contributed by atoms with van der Waals surface area (Å²) in [6, 6.07) is 13.2. The zero-order chi connectivity index (χ0) is 26.5. The Hall–Kier alpha value is -4.93. The van der Waals surface area contributed by atoms with Gasteiger partial charge in [0.2, 0.25) is 5.91 Å². The number of anilines is 1. The summed E-state index contributed by atoms with van der Waals surface area (Å²) in [5.74, 6) is -2.33. The van der Waals surface area contributed by atoms with E-state index in [1.54, 1.807) is 25.3 Å². The van der Waals surface area contributed by atoms with Crippen LogP contribution in [0, 0.1) is 10.1 Å². The van der Waals surface area contributed by atoms with Crippen molar-refractivity contribution in [3.63, 3.8) is 0 Å². The molecule has 0 spiro atoms. The van der Waals surface area contributed by atoms with Gasteiger partial charge in [0, 0.05) is 36.6 Å². The van der Waals surface area contributed by atoms with Crippen molar-refractivity contribution in [2.75, 3.05) is 11.5 Å². The van der Waals surface area contributed by atoms with E-state index in [0.29, 0.717) is 5.56 Å². The molecular formula is C26H22N4O7. The van der Waals surface area contributed by atoms with Crippen LogP contribution in [0.3, 0.4) is 0 Å². The van der Waals surface area contributed by atoms with Gasteiger partial charge in [-0.15, -0.1) is 0 Å². The number of aromatic nitrogens is 1. The van der Waals surface area contributed by atoms with Gasteiger partial charge >= 0.3 is 5.97 Å². The number of ether oxygens (including phenoxy) is 1. The van der Waals surface area contributed by atoms with Crippen LogP contribution in [0.15, 0.2) is 73.1 Å². The summed E-state index contributed by atoms with van der Waals surface area (Å²) < 4.78 is 4.95. The number of nitro groups is 1. The first-order valence-electron chi connectivity index (χ1n) is 11.4. The molecule has 11 heteroatoms. The Kier molecular flexibility index (Phi) is 7.33. The van der Waals surface area contributed by atoms with E-state index in [9.17, 15) is 29.3 Å². The molecule has 11 nitrogen and oxygen atoms in total. The quantitative estimate of drug-likeness (QED) is 0.198. The first-order valence-corrected chi connectivity index (χ1v) is 11.4. The smallest absolute Gasteiger partial charge is 0.338 e. The molecule has 1 atom stereocenters. The third-order valence-electron chi connectivity index (χ3n) is 5.78. The van der Waals surface area contributed by atoms with Crippen LogP contribution < -0.4 is 4.90 Å². The molecule has 188 valence electrons. The first kappa shape index (κ1) is 25.2. The van der Waals surface area contributed by atoms with Crippen LogP contribution >= 0.6 is 0 Å². The standard InChI is InChI=1S/C26H22N4O7/c1-2-37-26(34)18-8-10-20(11-9-18)29-23(31)14-22(25(29)33)28(16-17-5-4-12-27-15-17)24(32)19-6-3-7-21(13-19)30(35)36/h3-13,15,22H,2,14,16H2,1H3. The second kappa shape index (κ2) is 10.8. The van der Waals surface area contributed by atoms with Crippen LogP contribution in [-0.4, -0.2) is 51.1 Å². The van der Waals surface area contributed by atoms with E-state index in [0.717, 1.165) is 11.0 Å². The number of nitro benzene ring substituents is 1. The molecule has 1 aliphatic heterocycles. The van der Waals surface area contributed by atoms with E-state index in [1.807, 2.05) is 0 Å². The van der Waals surface area contributed by atoms with Crippen molar-refractivity contribution in [3.8, 4) is 0 Å². The molecule has 1 saturated heterocycles. The number of carbonyl (C=O) groups excluding carboxylic acids is 4. The summed E-state index contributed by atoms with van der Waals surface area (Å²) in [6.07, 6.45) is 2.81. The highest BCUT2D eigenvalue weighted by Gasteiger charge is 2.44. The maximum Gasteiger partial charge on any atom is 0.338 e. The normalized spacial score (nSPS) is 14.9. The summed E-state index contributed by atoms with van der Waals surface area (Å²) in [4.78, 5) is 68.7. The number of imide groups is 1. The van der Waals surface area contributed by atoms with Crippen LogP contribution in [0.5, 0.6) is 0 Å². The van der Waals surface area contributed by atoms with E-state index in [-0.39, 0.29) is 42.1 Å². The molecule has 1 unspecified atom stereocenters. The van der Waals surface area contributed by atoms with Crippen molar-refractivity contribution in [2.45, 2.75) is 25.9 Å². The number of pyridine rings is 1. The molecule has 1 fully saturated rings. The highest BCUT2D eigenvalue weighted by molar-refractivity contribution is 6.23. The second-order valence-corrected chi connectivity index (χ2v) is 8.16. The molecule has 0 bridgehead atoms. The lowest BCUT2D eigenvalue weighted by Gasteiger charge is -2.28. The van der Waals surface area contributed by atoms with Gasteiger partial charge in [-0.1, -0.05) is 12.1 Å². The fraction of sp³-hybridized carbons (Fsp3) is 0.192. The molecule has 4 rings (SSSR count). The highest BCUT2D eigenvalue weighted by atomic mass is 16.6. The number of amides is 3. The third-order valence-corrected chi connectivity index (χ3v) is 5.78. The summed E-state index contributed by atoms with van der Waals surface area (Å²) in [6.45, 7) is 1.84. The van der Waals surface area contributed by atoms with Crippen LogP contribution in [-0.2, 0) is 20.9 Å². The molecule has 0 aliphatic carbocycles. The van der Waals surface area contributed by atoms with Crippen molar-refractivity contribution >= 4 is 35.1 Å². The van der Waals surface area contributed by atoms with Crippen LogP contribution in [0.1, 0.15) is 39.6 Å². The SMILES string of the molecule is CCOC(=O)c1ccc(N2C(=O)CC(N(Cc3cccnc3)C(=O)c3cccc([N+](=O)[O-])c3)C2=O)cc1. The molecule has 2 aromatic carbocycles. The van der Waals surface area contributed by atoms with E-state index < -0.39 is 34.7 Å². The summed E-state index contributed by atoms with van der Waals surface area (Å²) in [5, 5.41) is 11.2. The van der Waals surface area contributed by atoms with Crippen molar-refractivity contribution in [2.24, 2.45) is 0 Å². The van der Waals surface area contributed by atoms with Gasteiger partial charge in [0.25, 0.3) is 17.5 Å². The highest BCUT2D eigenvalue weighted by Crippen LogP contribution is 2.28. The van der Waals surface area contributed by atoms with E-state index in [1.165, 1.54) is 53.6 Å². The molecule has 2 heterocycles. The number of benzene rings is 2. The summed E-state index contributed by atoms with van der Waals surface area (Å²) >= 11 is 0. The lowest BCUT2D eigenvalue weighted by molar-refractivity contribution is -0.384. The Morgan fingerprint density at radius 3 is 2.51 bits per heavy atom. The molecule has 0 saturated carbocycles. The fourth-order valence-corrected chi connectivity index (χ4v) is 4.02. The average molecular weight is 502 g/mol. The zero-order valence-corrected chi connectivity index (χ0v) is 19.8. The van der Waals surface area contributed by atoms with Crippen LogP contribution in [0.4, 0.5) is 11.4 Å². The Bertz CT molecular complexity index is 1360. The number of esters is 1. The maximum absolute atomic E-state index is 13.5. The number of carbonyl (C=O) groups is 4. The average Bonchev–Trinajstić information content (AvgIpc) is 3.21. The van der Waals surface area contributed by atoms with Gasteiger partial charge in [0.1, 0.15) is 6.04 Å². The Morgan fingerprint density at radius 1 is 1.11 bits per heavy atom. The third kappa shape index (κ3) is 5.35. The Balaban J connectivity index is 1.65. The molecule has 3 amide bonds. The summed E-state index contributed by atoms with van der Waals surface area (Å²) in [5.41, 5.74) is 0.855. The molecule has 37 heavy (non-hydrogen) atoms. The van der Waals surface area contributed by atoms with Crippen molar-refractivity contribution < 1.29 is 28.8 Å². The fourth-order valence-electron chi connectivity index (χ4n) is 4.02. The van der Waals surface area contributed by atoms with E-state index >= 15 is 0 Å². The lowest BCUT2D eigenvalue weighted by Crippen LogP contribution is -2.45. The topological polar surface area (TPSA) is 140 Å². The van der Waals surface area contributed by atoms with Gasteiger partial charge in [0.05, 0.1) is 29.2 Å².